The molecule has 0 unspecified atom stereocenters. The molecule has 5 rings (SSSR count). The van der Waals surface area contributed by atoms with E-state index >= 15 is 0 Å². The van der Waals surface area contributed by atoms with Gasteiger partial charge in [-0.1, -0.05) is 30.7 Å². The van der Waals surface area contributed by atoms with E-state index in [4.69, 9.17) is 16.2 Å². The standard InChI is InChI=1S/C33H38N6O5/c34-16-2-1-3-27(35)32(42)36-18-21-6-11-25(12-7-21)37-31(41)23-8-4-22(5-9-23)19-39(26-13-14-26)33(43)24-10-15-28-29(17-24)44-20-30(40)38-28/h4-12,15,17,26-27H,1-3,13-14,16,18-20,34-35H2,(H,36,42)(H,37,41)(H,38,40)/t27-/m1/s1. The molecule has 3 aromatic carbocycles. The van der Waals surface area contributed by atoms with Crippen molar-refractivity contribution in [1.29, 1.82) is 0 Å². The number of carbonyl (C=O) groups excluding carboxylic acids is 4. The molecule has 2 aliphatic rings. The fourth-order valence-corrected chi connectivity index (χ4v) is 4.95. The zero-order valence-corrected chi connectivity index (χ0v) is 24.5. The lowest BCUT2D eigenvalue weighted by Gasteiger charge is -2.24. The van der Waals surface area contributed by atoms with Gasteiger partial charge < -0.3 is 37.1 Å². The van der Waals surface area contributed by atoms with Crippen molar-refractivity contribution in [3.63, 3.8) is 0 Å². The minimum absolute atomic E-state index is 0.0754. The molecular formula is C33H38N6O5. The van der Waals surface area contributed by atoms with Crippen LogP contribution in [-0.2, 0) is 22.7 Å². The van der Waals surface area contributed by atoms with E-state index in [2.05, 4.69) is 16.0 Å². The van der Waals surface area contributed by atoms with Gasteiger partial charge in [-0.15, -0.1) is 0 Å². The molecule has 7 N–H and O–H groups in total. The number of amides is 4. The predicted octanol–water partition coefficient (Wildman–Crippen LogP) is 3.15. The maximum atomic E-state index is 13.4. The molecule has 11 nitrogen and oxygen atoms in total. The molecule has 0 saturated heterocycles. The zero-order chi connectivity index (χ0) is 31.1. The van der Waals surface area contributed by atoms with Gasteiger partial charge >= 0.3 is 0 Å². The summed E-state index contributed by atoms with van der Waals surface area (Å²) in [7, 11) is 0. The van der Waals surface area contributed by atoms with E-state index in [-0.39, 0.29) is 36.3 Å². The SMILES string of the molecule is NCCCC[C@@H](N)C(=O)NCc1ccc(NC(=O)c2ccc(CN(C(=O)c3ccc4c(c3)OCC(=O)N4)C3CC3)cc2)cc1. The lowest BCUT2D eigenvalue weighted by molar-refractivity contribution is -0.122. The second-order valence-corrected chi connectivity index (χ2v) is 11.2. The molecule has 1 aliphatic carbocycles. The van der Waals surface area contributed by atoms with Crippen molar-refractivity contribution >= 4 is 35.0 Å². The van der Waals surface area contributed by atoms with Crippen LogP contribution in [0.1, 0.15) is 63.9 Å². The maximum Gasteiger partial charge on any atom is 0.262 e. The minimum Gasteiger partial charge on any atom is -0.482 e. The van der Waals surface area contributed by atoms with Crippen LogP contribution in [0.5, 0.6) is 5.75 Å². The largest absolute Gasteiger partial charge is 0.482 e. The van der Waals surface area contributed by atoms with E-state index in [9.17, 15) is 19.2 Å². The number of hydrogen-bond acceptors (Lipinski definition) is 7. The van der Waals surface area contributed by atoms with Crippen LogP contribution in [0.25, 0.3) is 0 Å². The Labute approximate surface area is 256 Å². The summed E-state index contributed by atoms with van der Waals surface area (Å²) < 4.78 is 5.48. The van der Waals surface area contributed by atoms with Gasteiger partial charge in [-0.25, -0.2) is 0 Å². The average molecular weight is 599 g/mol. The summed E-state index contributed by atoms with van der Waals surface area (Å²) in [5.41, 5.74) is 15.4. The summed E-state index contributed by atoms with van der Waals surface area (Å²) in [5, 5.41) is 8.48. The van der Waals surface area contributed by atoms with Crippen LogP contribution in [-0.4, -0.2) is 53.8 Å². The van der Waals surface area contributed by atoms with Crippen molar-refractivity contribution in [1.82, 2.24) is 10.2 Å². The number of nitrogens with two attached hydrogens (primary N) is 2. The Hall–Kier alpha value is -4.74. The van der Waals surface area contributed by atoms with Crippen LogP contribution < -0.4 is 32.2 Å². The molecule has 1 fully saturated rings. The quantitative estimate of drug-likeness (QED) is 0.188. The molecule has 0 radical (unpaired) electrons. The van der Waals surface area contributed by atoms with Crippen LogP contribution in [0.3, 0.4) is 0 Å². The first-order valence-electron chi connectivity index (χ1n) is 14.9. The monoisotopic (exact) mass is 598 g/mol. The van der Waals surface area contributed by atoms with E-state index in [1.54, 1.807) is 42.5 Å². The van der Waals surface area contributed by atoms with Crippen molar-refractivity contribution in [3.05, 3.63) is 89.0 Å². The van der Waals surface area contributed by atoms with Gasteiger partial charge in [-0.3, -0.25) is 19.2 Å². The van der Waals surface area contributed by atoms with Crippen molar-refractivity contribution in [2.24, 2.45) is 11.5 Å². The van der Waals surface area contributed by atoms with Crippen molar-refractivity contribution < 1.29 is 23.9 Å². The summed E-state index contributed by atoms with van der Waals surface area (Å²) in [6, 6.07) is 19.1. The van der Waals surface area contributed by atoms with Crippen LogP contribution in [0.2, 0.25) is 0 Å². The Kier molecular flexibility index (Phi) is 9.88. The van der Waals surface area contributed by atoms with Crippen molar-refractivity contribution in [2.45, 2.75) is 57.3 Å². The summed E-state index contributed by atoms with van der Waals surface area (Å²) in [5.74, 6) is -0.294. The number of carbonyl (C=O) groups is 4. The van der Waals surface area contributed by atoms with E-state index in [0.29, 0.717) is 54.3 Å². The number of anilines is 2. The highest BCUT2D eigenvalue weighted by molar-refractivity contribution is 6.04. The molecule has 44 heavy (non-hydrogen) atoms. The summed E-state index contributed by atoms with van der Waals surface area (Å²) in [4.78, 5) is 51.9. The van der Waals surface area contributed by atoms with Gasteiger partial charge in [0.05, 0.1) is 11.7 Å². The first-order valence-corrected chi connectivity index (χ1v) is 14.9. The molecule has 11 heteroatoms. The van der Waals surface area contributed by atoms with E-state index in [1.807, 2.05) is 29.2 Å². The number of rotatable bonds is 13. The lowest BCUT2D eigenvalue weighted by Crippen LogP contribution is -2.40. The molecule has 1 atom stereocenters. The third-order valence-corrected chi connectivity index (χ3v) is 7.66. The normalized spacial score (nSPS) is 14.5. The fraction of sp³-hybridized carbons (Fsp3) is 0.333. The highest BCUT2D eigenvalue weighted by atomic mass is 16.5. The van der Waals surface area contributed by atoms with Gasteiger partial charge in [-0.05, 0) is 85.8 Å². The molecule has 0 spiro atoms. The Morgan fingerprint density at radius 1 is 0.955 bits per heavy atom. The number of hydrogen-bond donors (Lipinski definition) is 5. The van der Waals surface area contributed by atoms with Crippen molar-refractivity contribution in [3.8, 4) is 5.75 Å². The molecule has 0 aromatic heterocycles. The third kappa shape index (κ3) is 8.00. The van der Waals surface area contributed by atoms with Gasteiger partial charge in [0.1, 0.15) is 5.75 Å². The molecule has 230 valence electrons. The lowest BCUT2D eigenvalue weighted by atomic mass is 10.1. The van der Waals surface area contributed by atoms with Gasteiger partial charge in [0.25, 0.3) is 17.7 Å². The van der Waals surface area contributed by atoms with Gasteiger partial charge in [-0.2, -0.15) is 0 Å². The van der Waals surface area contributed by atoms with E-state index in [1.165, 1.54) is 0 Å². The van der Waals surface area contributed by atoms with Crippen LogP contribution in [0.15, 0.2) is 66.7 Å². The number of fused-ring (bicyclic) bond motifs is 1. The summed E-state index contributed by atoms with van der Waals surface area (Å²) >= 11 is 0. The number of unbranched alkanes of at least 4 members (excludes halogenated alkanes) is 1. The van der Waals surface area contributed by atoms with Gasteiger partial charge in [0, 0.05) is 35.9 Å². The average Bonchev–Trinajstić information content (AvgIpc) is 3.88. The smallest absolute Gasteiger partial charge is 0.262 e. The maximum absolute atomic E-state index is 13.4. The Bertz CT molecular complexity index is 1500. The minimum atomic E-state index is -0.556. The summed E-state index contributed by atoms with van der Waals surface area (Å²) in [6.45, 7) is 1.27. The molecule has 3 aromatic rings. The second-order valence-electron chi connectivity index (χ2n) is 11.2. The fourth-order valence-electron chi connectivity index (χ4n) is 4.95. The highest BCUT2D eigenvalue weighted by Gasteiger charge is 2.33. The van der Waals surface area contributed by atoms with Crippen LogP contribution in [0, 0.1) is 0 Å². The first kappa shape index (κ1) is 30.7. The van der Waals surface area contributed by atoms with Crippen LogP contribution >= 0.6 is 0 Å². The van der Waals surface area contributed by atoms with Crippen molar-refractivity contribution in [2.75, 3.05) is 23.8 Å². The number of nitrogens with one attached hydrogen (secondary N) is 3. The molecule has 1 heterocycles. The predicted molar refractivity (Wildman–Crippen MR) is 167 cm³/mol. The molecule has 1 saturated carbocycles. The number of nitrogens with zero attached hydrogens (tertiary/aromatic N) is 1. The van der Waals surface area contributed by atoms with Gasteiger partial charge in [0.2, 0.25) is 5.91 Å². The highest BCUT2D eigenvalue weighted by Crippen LogP contribution is 2.33. The topological polar surface area (TPSA) is 169 Å². The third-order valence-electron chi connectivity index (χ3n) is 7.66. The number of benzene rings is 3. The Balaban J connectivity index is 1.13. The van der Waals surface area contributed by atoms with E-state index < -0.39 is 6.04 Å². The molecular weight excluding hydrogens is 560 g/mol. The zero-order valence-electron chi connectivity index (χ0n) is 24.5. The van der Waals surface area contributed by atoms with Crippen LogP contribution in [0.4, 0.5) is 11.4 Å². The first-order chi connectivity index (χ1) is 21.3. The Morgan fingerprint density at radius 3 is 2.36 bits per heavy atom. The Morgan fingerprint density at radius 2 is 1.66 bits per heavy atom. The number of ether oxygens (including phenoxy) is 1. The van der Waals surface area contributed by atoms with E-state index in [0.717, 1.165) is 36.8 Å². The summed E-state index contributed by atoms with van der Waals surface area (Å²) in [6.07, 6.45) is 4.14. The second kappa shape index (κ2) is 14.2. The molecule has 1 aliphatic heterocycles. The molecule has 4 amide bonds. The molecule has 0 bridgehead atoms. The van der Waals surface area contributed by atoms with Gasteiger partial charge in [0.15, 0.2) is 6.61 Å².